The van der Waals surface area contributed by atoms with Crippen LogP contribution in [-0.4, -0.2) is 30.3 Å². The van der Waals surface area contributed by atoms with Gasteiger partial charge in [0.25, 0.3) is 0 Å². The van der Waals surface area contributed by atoms with E-state index in [-0.39, 0.29) is 5.41 Å². The third kappa shape index (κ3) is 1.09. The molecule has 0 spiro atoms. The largest absolute Gasteiger partial charge is 0.298 e. The van der Waals surface area contributed by atoms with Gasteiger partial charge >= 0.3 is 0 Å². The zero-order valence-electron chi connectivity index (χ0n) is 7.97. The van der Waals surface area contributed by atoms with E-state index in [1.807, 2.05) is 0 Å². The van der Waals surface area contributed by atoms with Crippen LogP contribution in [0.3, 0.4) is 0 Å². The predicted molar refractivity (Wildman–Crippen MR) is 48.0 cm³/mol. The summed E-state index contributed by atoms with van der Waals surface area (Å²) in [6.07, 6.45) is 2.44. The molecular formula is C10H17NO. The van der Waals surface area contributed by atoms with E-state index in [4.69, 9.17) is 0 Å². The van der Waals surface area contributed by atoms with Crippen LogP contribution >= 0.6 is 0 Å². The number of carbonyl (C=O) groups excluding carboxylic acids is 1. The van der Waals surface area contributed by atoms with Gasteiger partial charge in [-0.25, -0.2) is 0 Å². The second kappa shape index (κ2) is 2.56. The molecule has 0 aromatic carbocycles. The lowest BCUT2D eigenvalue weighted by Gasteiger charge is -2.32. The molecule has 2 heteroatoms. The maximum Gasteiger partial charge on any atom is 0.152 e. The summed E-state index contributed by atoms with van der Waals surface area (Å²) in [5.41, 5.74) is -0.0503. The molecule has 0 aliphatic carbocycles. The average Bonchev–Trinajstić information content (AvgIpc) is 2.19. The number of carbonyl (C=O) groups is 1. The van der Waals surface area contributed by atoms with Crippen LogP contribution in [0.4, 0.5) is 0 Å². The highest BCUT2D eigenvalue weighted by atomic mass is 16.1. The molecule has 68 valence electrons. The van der Waals surface area contributed by atoms with Crippen molar-refractivity contribution in [2.24, 2.45) is 11.3 Å². The quantitative estimate of drug-likeness (QED) is 0.542. The smallest absolute Gasteiger partial charge is 0.152 e. The lowest BCUT2D eigenvalue weighted by molar-refractivity contribution is -0.128. The SMILES string of the molecule is CC1(C)C(=O)CN2CCC1CC2. The zero-order valence-corrected chi connectivity index (χ0v) is 7.97. The fourth-order valence-electron chi connectivity index (χ4n) is 2.45. The molecule has 0 N–H and O–H groups in total. The molecular weight excluding hydrogens is 150 g/mol. The summed E-state index contributed by atoms with van der Waals surface area (Å²) in [5.74, 6) is 1.09. The Morgan fingerprint density at radius 1 is 1.33 bits per heavy atom. The molecule has 0 amide bonds. The topological polar surface area (TPSA) is 20.3 Å². The Morgan fingerprint density at radius 2 is 1.92 bits per heavy atom. The molecule has 0 aromatic heterocycles. The fraction of sp³-hybridized carbons (Fsp3) is 0.900. The molecule has 3 heterocycles. The van der Waals surface area contributed by atoms with Crippen LogP contribution in [0.2, 0.25) is 0 Å². The van der Waals surface area contributed by atoms with Crippen LogP contribution in [0.15, 0.2) is 0 Å². The van der Waals surface area contributed by atoms with E-state index in [9.17, 15) is 4.79 Å². The first-order valence-corrected chi connectivity index (χ1v) is 4.86. The van der Waals surface area contributed by atoms with E-state index in [0.717, 1.165) is 13.1 Å². The average molecular weight is 167 g/mol. The van der Waals surface area contributed by atoms with Gasteiger partial charge in [-0.05, 0) is 31.8 Å². The molecule has 2 nitrogen and oxygen atoms in total. The Bertz CT molecular complexity index is 202. The molecule has 0 radical (unpaired) electrons. The third-order valence-electron chi connectivity index (χ3n) is 3.69. The van der Waals surface area contributed by atoms with E-state index in [1.54, 1.807) is 0 Å². The molecule has 3 saturated heterocycles. The van der Waals surface area contributed by atoms with Gasteiger partial charge in [0, 0.05) is 5.41 Å². The van der Waals surface area contributed by atoms with Crippen molar-refractivity contribution in [1.29, 1.82) is 0 Å². The van der Waals surface area contributed by atoms with E-state index in [2.05, 4.69) is 18.7 Å². The number of rotatable bonds is 0. The van der Waals surface area contributed by atoms with Crippen LogP contribution in [0.25, 0.3) is 0 Å². The van der Waals surface area contributed by atoms with Gasteiger partial charge in [-0.1, -0.05) is 13.8 Å². The summed E-state index contributed by atoms with van der Waals surface area (Å²) in [6.45, 7) is 7.22. The summed E-state index contributed by atoms with van der Waals surface area (Å²) in [4.78, 5) is 14.1. The Hall–Kier alpha value is -0.370. The number of hydrogen-bond acceptors (Lipinski definition) is 2. The van der Waals surface area contributed by atoms with Crippen molar-refractivity contribution in [3.63, 3.8) is 0 Å². The van der Waals surface area contributed by atoms with Gasteiger partial charge in [0.05, 0.1) is 6.54 Å². The summed E-state index contributed by atoms with van der Waals surface area (Å²) >= 11 is 0. The normalized spacial score (nSPS) is 39.7. The highest BCUT2D eigenvalue weighted by Gasteiger charge is 2.42. The van der Waals surface area contributed by atoms with Gasteiger partial charge in [0.1, 0.15) is 0 Å². The summed E-state index contributed by atoms with van der Waals surface area (Å²) < 4.78 is 0. The minimum atomic E-state index is -0.0503. The monoisotopic (exact) mass is 167 g/mol. The van der Waals surface area contributed by atoms with Gasteiger partial charge in [-0.3, -0.25) is 9.69 Å². The first-order valence-electron chi connectivity index (χ1n) is 4.86. The predicted octanol–water partition coefficient (Wildman–Crippen LogP) is 1.31. The molecule has 3 aliphatic rings. The van der Waals surface area contributed by atoms with Gasteiger partial charge < -0.3 is 0 Å². The van der Waals surface area contributed by atoms with E-state index >= 15 is 0 Å². The molecule has 0 atom stereocenters. The van der Waals surface area contributed by atoms with Gasteiger partial charge in [0.15, 0.2) is 5.78 Å². The standard InChI is InChI=1S/C10H17NO/c1-10(2)8-3-5-11(6-4-8)7-9(10)12/h8H,3-7H2,1-2H3. The molecule has 2 bridgehead atoms. The molecule has 0 saturated carbocycles. The Kier molecular flexibility index (Phi) is 1.76. The number of nitrogens with zero attached hydrogens (tertiary/aromatic N) is 1. The molecule has 12 heavy (non-hydrogen) atoms. The number of fused-ring (bicyclic) bond motifs is 4. The van der Waals surface area contributed by atoms with Crippen molar-refractivity contribution < 1.29 is 4.79 Å². The van der Waals surface area contributed by atoms with Crippen LogP contribution in [0.1, 0.15) is 26.7 Å². The fourth-order valence-corrected chi connectivity index (χ4v) is 2.45. The minimum absolute atomic E-state index is 0.0503. The maximum absolute atomic E-state index is 11.8. The van der Waals surface area contributed by atoms with Crippen molar-refractivity contribution in [1.82, 2.24) is 4.90 Å². The summed E-state index contributed by atoms with van der Waals surface area (Å²) in [5, 5.41) is 0. The molecule has 0 unspecified atom stereocenters. The Morgan fingerprint density at radius 3 is 2.50 bits per heavy atom. The first kappa shape index (κ1) is 8.24. The highest BCUT2D eigenvalue weighted by molar-refractivity contribution is 5.86. The van der Waals surface area contributed by atoms with Crippen molar-refractivity contribution in [3.05, 3.63) is 0 Å². The molecule has 0 aromatic rings. The minimum Gasteiger partial charge on any atom is -0.298 e. The van der Waals surface area contributed by atoms with Crippen molar-refractivity contribution in [2.45, 2.75) is 26.7 Å². The second-order valence-electron chi connectivity index (χ2n) is 4.70. The van der Waals surface area contributed by atoms with Gasteiger partial charge in [-0.2, -0.15) is 0 Å². The van der Waals surface area contributed by atoms with Crippen molar-refractivity contribution in [2.75, 3.05) is 19.6 Å². The van der Waals surface area contributed by atoms with Gasteiger partial charge in [-0.15, -0.1) is 0 Å². The number of ketones is 1. The number of piperidine rings is 1. The van der Waals surface area contributed by atoms with Crippen LogP contribution in [-0.2, 0) is 4.79 Å². The van der Waals surface area contributed by atoms with Crippen molar-refractivity contribution >= 4 is 5.78 Å². The van der Waals surface area contributed by atoms with E-state index < -0.39 is 0 Å². The molecule has 3 aliphatic heterocycles. The number of hydrogen-bond donors (Lipinski definition) is 0. The van der Waals surface area contributed by atoms with Crippen molar-refractivity contribution in [3.8, 4) is 0 Å². The number of Topliss-reactive ketones (excluding diaryl/α,β-unsaturated/α-hetero) is 1. The van der Waals surface area contributed by atoms with Crippen LogP contribution in [0.5, 0.6) is 0 Å². The van der Waals surface area contributed by atoms with Gasteiger partial charge in [0.2, 0.25) is 0 Å². The second-order valence-corrected chi connectivity index (χ2v) is 4.70. The van der Waals surface area contributed by atoms with Crippen LogP contribution < -0.4 is 0 Å². The first-order chi connectivity index (χ1) is 5.60. The third-order valence-corrected chi connectivity index (χ3v) is 3.69. The van der Waals surface area contributed by atoms with E-state index in [0.29, 0.717) is 18.2 Å². The highest BCUT2D eigenvalue weighted by Crippen LogP contribution is 2.38. The summed E-state index contributed by atoms with van der Waals surface area (Å²) in [6, 6.07) is 0. The molecule has 3 rings (SSSR count). The maximum atomic E-state index is 11.8. The van der Waals surface area contributed by atoms with E-state index in [1.165, 1.54) is 12.8 Å². The lowest BCUT2D eigenvalue weighted by Crippen LogP contribution is -2.32. The Labute approximate surface area is 73.9 Å². The lowest BCUT2D eigenvalue weighted by atomic mass is 9.73. The summed E-state index contributed by atoms with van der Waals surface area (Å²) in [7, 11) is 0. The van der Waals surface area contributed by atoms with Crippen LogP contribution in [0, 0.1) is 11.3 Å². The molecule has 3 fully saturated rings. The Balaban J connectivity index is 2.29. The zero-order chi connectivity index (χ0) is 8.77.